The Hall–Kier alpha value is -6.78. The number of amides is 2. The van der Waals surface area contributed by atoms with Crippen molar-refractivity contribution in [3.05, 3.63) is 164 Å². The van der Waals surface area contributed by atoms with E-state index in [1.165, 1.54) is 29.1 Å². The number of benzene rings is 4. The van der Waals surface area contributed by atoms with Gasteiger partial charge in [-0.25, -0.2) is 27.5 Å². The van der Waals surface area contributed by atoms with Crippen LogP contribution in [0.15, 0.2) is 121 Å². The van der Waals surface area contributed by atoms with E-state index in [1.54, 1.807) is 61.2 Å². The number of hydrogen-bond acceptors (Lipinski definition) is 8. The topological polar surface area (TPSA) is 102 Å². The lowest BCUT2D eigenvalue weighted by atomic mass is 10.1. The minimum atomic E-state index is -2.51. The molecule has 2 aliphatic heterocycles. The largest absolute Gasteiger partial charge is 0.340 e. The Labute approximate surface area is 386 Å². The van der Waals surface area contributed by atoms with Crippen molar-refractivity contribution in [2.45, 2.75) is 65.7 Å². The van der Waals surface area contributed by atoms with Gasteiger partial charge in [0.1, 0.15) is 13.1 Å². The third kappa shape index (κ3) is 9.89. The summed E-state index contributed by atoms with van der Waals surface area (Å²) in [5.74, 6) is -0.0283. The lowest BCUT2D eigenvalue weighted by Crippen LogP contribution is -2.36. The minimum Gasteiger partial charge on any atom is -0.340 e. The van der Waals surface area contributed by atoms with Crippen molar-refractivity contribution in [3.63, 3.8) is 0 Å². The highest BCUT2D eigenvalue weighted by molar-refractivity contribution is 7.12. The van der Waals surface area contributed by atoms with Crippen LogP contribution in [0.1, 0.15) is 55.1 Å². The van der Waals surface area contributed by atoms with Gasteiger partial charge in [-0.05, 0) is 37.1 Å². The second-order valence-corrected chi connectivity index (χ2v) is 18.6. The summed E-state index contributed by atoms with van der Waals surface area (Å²) in [6.45, 7) is 6.58. The number of rotatable bonds is 10. The minimum absolute atomic E-state index is 0.00625. The molecule has 0 saturated carbocycles. The predicted octanol–water partition coefficient (Wildman–Crippen LogP) is 11.0. The summed E-state index contributed by atoms with van der Waals surface area (Å²) in [6.07, 6.45) is -3.45. The maximum Gasteiger partial charge on any atom is 0.263 e. The van der Waals surface area contributed by atoms with Crippen LogP contribution in [-0.4, -0.2) is 64.2 Å². The molecule has 0 saturated heterocycles. The highest BCUT2D eigenvalue weighted by Gasteiger charge is 2.28. The average molecular weight is 929 g/mol. The lowest BCUT2D eigenvalue weighted by molar-refractivity contribution is -0.133. The number of alkyl halides is 4. The first-order chi connectivity index (χ1) is 31.9. The second-order valence-electron chi connectivity index (χ2n) is 16.1. The molecule has 0 aliphatic carbocycles. The molecule has 336 valence electrons. The zero-order chi connectivity index (χ0) is 45.9. The van der Waals surface area contributed by atoms with Crippen LogP contribution < -0.4 is 0 Å². The maximum absolute atomic E-state index is 13.3. The molecule has 0 N–H and O–H groups in total. The molecule has 0 fully saturated rings. The maximum atomic E-state index is 13.3. The molecule has 6 heterocycles. The smallest absolute Gasteiger partial charge is 0.263 e. The first-order valence-electron chi connectivity index (χ1n) is 21.4. The fourth-order valence-corrected chi connectivity index (χ4v) is 10.1. The van der Waals surface area contributed by atoms with Crippen LogP contribution in [0.2, 0.25) is 0 Å². The van der Waals surface area contributed by atoms with E-state index in [-0.39, 0.29) is 36.0 Å². The Balaban J connectivity index is 0.000000166. The van der Waals surface area contributed by atoms with Crippen molar-refractivity contribution in [3.8, 4) is 45.0 Å². The van der Waals surface area contributed by atoms with E-state index in [0.29, 0.717) is 37.6 Å². The quantitative estimate of drug-likeness (QED) is 0.127. The van der Waals surface area contributed by atoms with Crippen LogP contribution in [0.5, 0.6) is 0 Å². The van der Waals surface area contributed by atoms with Crippen molar-refractivity contribution in [1.29, 1.82) is 0 Å². The van der Waals surface area contributed by atoms with Crippen molar-refractivity contribution < 1.29 is 27.2 Å². The summed E-state index contributed by atoms with van der Waals surface area (Å²) in [6, 6.07) is 35.5. The molecular formula is C50H44F4N8O2S2. The highest BCUT2D eigenvalue weighted by atomic mass is 32.1. The van der Waals surface area contributed by atoms with E-state index in [0.717, 1.165) is 72.8 Å². The van der Waals surface area contributed by atoms with Crippen LogP contribution in [0.4, 0.5) is 17.6 Å². The van der Waals surface area contributed by atoms with Gasteiger partial charge in [-0.2, -0.15) is 10.2 Å². The molecule has 0 bridgehead atoms. The Morgan fingerprint density at radius 3 is 1.48 bits per heavy atom. The van der Waals surface area contributed by atoms with E-state index in [9.17, 15) is 27.2 Å². The van der Waals surface area contributed by atoms with Gasteiger partial charge in [0.05, 0.1) is 57.3 Å². The van der Waals surface area contributed by atoms with E-state index in [4.69, 9.17) is 5.10 Å². The molecule has 0 radical (unpaired) electrons. The molecule has 10 rings (SSSR count). The number of fused-ring (bicyclic) bond motifs is 2. The van der Waals surface area contributed by atoms with Gasteiger partial charge >= 0.3 is 0 Å². The van der Waals surface area contributed by atoms with E-state index in [1.807, 2.05) is 91.5 Å². The number of carbonyl (C=O) groups is 2. The summed E-state index contributed by atoms with van der Waals surface area (Å²) >= 11 is 3.34. The van der Waals surface area contributed by atoms with E-state index >= 15 is 0 Å². The van der Waals surface area contributed by atoms with Gasteiger partial charge in [0.15, 0.2) is 0 Å². The van der Waals surface area contributed by atoms with E-state index in [2.05, 4.69) is 15.1 Å². The predicted molar refractivity (Wildman–Crippen MR) is 248 cm³/mol. The third-order valence-corrected chi connectivity index (χ3v) is 13.6. The Morgan fingerprint density at radius 2 is 1.00 bits per heavy atom. The van der Waals surface area contributed by atoms with Crippen LogP contribution >= 0.6 is 22.7 Å². The number of aryl methyl sites for hydroxylation is 2. The van der Waals surface area contributed by atoms with E-state index < -0.39 is 12.9 Å². The fourth-order valence-electron chi connectivity index (χ4n) is 8.18. The lowest BCUT2D eigenvalue weighted by Gasteiger charge is -2.20. The second kappa shape index (κ2) is 19.4. The third-order valence-electron chi connectivity index (χ3n) is 11.6. The van der Waals surface area contributed by atoms with Crippen molar-refractivity contribution >= 4 is 34.5 Å². The first kappa shape index (κ1) is 44.4. The summed E-state index contributed by atoms with van der Waals surface area (Å²) in [5.41, 5.74) is 8.24. The van der Waals surface area contributed by atoms with Crippen LogP contribution in [0, 0.1) is 13.8 Å². The van der Waals surface area contributed by atoms with Gasteiger partial charge in [-0.1, -0.05) is 109 Å². The molecule has 0 spiro atoms. The van der Waals surface area contributed by atoms with Gasteiger partial charge in [-0.3, -0.25) is 19.0 Å². The number of aromatic nitrogens is 6. The molecular weight excluding hydrogens is 885 g/mol. The molecule has 2 amide bonds. The van der Waals surface area contributed by atoms with Crippen molar-refractivity contribution in [1.82, 2.24) is 39.3 Å². The van der Waals surface area contributed by atoms with Crippen molar-refractivity contribution in [2.75, 3.05) is 13.1 Å². The van der Waals surface area contributed by atoms with Gasteiger partial charge in [0.25, 0.3) is 12.9 Å². The number of halogens is 4. The van der Waals surface area contributed by atoms with Crippen LogP contribution in [0.25, 0.3) is 45.0 Å². The summed E-state index contributed by atoms with van der Waals surface area (Å²) < 4.78 is 55.2. The summed E-state index contributed by atoms with van der Waals surface area (Å²) in [4.78, 5) is 41.6. The zero-order valence-electron chi connectivity index (χ0n) is 36.1. The SMILES string of the molecule is Cc1nc2c(s1)CCN(C(=O)Cn1nc(-c3ccc(C(F)F)cc3)cc1-c1ccccc1)CC2.Cc1nc2c(s1)CN(C(=O)Cn1nc(-c3ccc(C(F)F)cc3)cc1-c1ccccc1)C2. The Bertz CT molecular complexity index is 2920. The highest BCUT2D eigenvalue weighted by Crippen LogP contribution is 2.32. The van der Waals surface area contributed by atoms with Gasteiger partial charge in [-0.15, -0.1) is 22.7 Å². The molecule has 0 unspecified atom stereocenters. The van der Waals surface area contributed by atoms with Gasteiger partial charge in [0.2, 0.25) is 11.8 Å². The summed E-state index contributed by atoms with van der Waals surface area (Å²) in [5, 5.41) is 11.5. The first-order valence-corrected chi connectivity index (χ1v) is 23.1. The number of nitrogens with zero attached hydrogens (tertiary/aromatic N) is 8. The number of carbonyl (C=O) groups excluding carboxylic acids is 2. The zero-order valence-corrected chi connectivity index (χ0v) is 37.7. The molecule has 8 aromatic rings. The molecule has 66 heavy (non-hydrogen) atoms. The number of hydrogen-bond donors (Lipinski definition) is 0. The Kier molecular flexibility index (Phi) is 13.0. The van der Waals surface area contributed by atoms with Gasteiger partial charge in [0, 0.05) is 57.9 Å². The molecule has 4 aromatic heterocycles. The monoisotopic (exact) mass is 928 g/mol. The molecule has 10 nitrogen and oxygen atoms in total. The van der Waals surface area contributed by atoms with Crippen LogP contribution in [-0.2, 0) is 48.6 Å². The number of thiazole rings is 2. The molecule has 16 heteroatoms. The fraction of sp³-hybridized carbons (Fsp3) is 0.240. The standard InChI is InChI=1S/C26H24F2N4OS.C24H20F2N4OS/c1-17-29-21-11-13-31(14-12-24(21)34-17)25(33)16-32-23(19-5-3-2-4-6-19)15-22(30-32)18-7-9-20(10-8-18)26(27)28;1-15-27-20-12-29(13-22(20)32-15)23(31)14-30-21(17-5-3-2-4-6-17)11-19(28-30)16-7-9-18(10-8-16)24(25)26/h2-10,15,26H,11-14,16H2,1H3;2-11,24H,12-14H2,1H3. The van der Waals surface area contributed by atoms with Crippen molar-refractivity contribution in [2.24, 2.45) is 0 Å². The Morgan fingerprint density at radius 1 is 0.545 bits per heavy atom. The summed E-state index contributed by atoms with van der Waals surface area (Å²) in [7, 11) is 0. The normalized spacial score (nSPS) is 13.4. The van der Waals surface area contributed by atoms with Crippen LogP contribution in [0.3, 0.4) is 0 Å². The average Bonchev–Trinajstić information content (AvgIpc) is 4.15. The molecule has 2 aliphatic rings. The van der Waals surface area contributed by atoms with Gasteiger partial charge < -0.3 is 9.80 Å². The molecule has 4 aromatic carbocycles. The molecule has 0 atom stereocenters.